The predicted molar refractivity (Wildman–Crippen MR) is 83.4 cm³/mol. The number of hydrogen-bond donors (Lipinski definition) is 1. The Morgan fingerprint density at radius 1 is 1.42 bits per heavy atom. The first-order valence-corrected chi connectivity index (χ1v) is 7.76. The molecular formula is C14H12BrClN2S. The van der Waals surface area contributed by atoms with Gasteiger partial charge in [-0.05, 0) is 46.6 Å². The van der Waals surface area contributed by atoms with Gasteiger partial charge in [0, 0.05) is 21.9 Å². The first-order valence-electron chi connectivity index (χ1n) is 5.77. The van der Waals surface area contributed by atoms with Crippen molar-refractivity contribution in [2.45, 2.75) is 19.5 Å². The van der Waals surface area contributed by atoms with Crippen LogP contribution in [0, 0.1) is 11.3 Å². The highest BCUT2D eigenvalue weighted by Gasteiger charge is 2.08. The SMILES string of the molecule is CC(NCc1cc(Br)c(Cl)s1)c1ccc(C#N)cc1. The highest BCUT2D eigenvalue weighted by molar-refractivity contribution is 9.10. The number of hydrogen-bond acceptors (Lipinski definition) is 3. The maximum Gasteiger partial charge on any atom is 0.107 e. The smallest absolute Gasteiger partial charge is 0.107 e. The topological polar surface area (TPSA) is 35.8 Å². The highest BCUT2D eigenvalue weighted by atomic mass is 79.9. The lowest BCUT2D eigenvalue weighted by Crippen LogP contribution is -2.17. The molecule has 0 saturated heterocycles. The Bertz CT molecular complexity index is 581. The monoisotopic (exact) mass is 354 g/mol. The molecule has 0 aliphatic carbocycles. The summed E-state index contributed by atoms with van der Waals surface area (Å²) in [5.74, 6) is 0. The van der Waals surface area contributed by atoms with Gasteiger partial charge in [0.15, 0.2) is 0 Å². The van der Waals surface area contributed by atoms with Crippen molar-refractivity contribution < 1.29 is 0 Å². The average Bonchev–Trinajstić information content (AvgIpc) is 2.75. The minimum Gasteiger partial charge on any atom is -0.305 e. The van der Waals surface area contributed by atoms with Crippen molar-refractivity contribution in [2.24, 2.45) is 0 Å². The van der Waals surface area contributed by atoms with Crippen molar-refractivity contribution in [3.05, 3.63) is 55.1 Å². The van der Waals surface area contributed by atoms with E-state index in [1.165, 1.54) is 10.4 Å². The number of nitrogens with one attached hydrogen (secondary N) is 1. The summed E-state index contributed by atoms with van der Waals surface area (Å²) in [7, 11) is 0. The molecule has 98 valence electrons. The zero-order chi connectivity index (χ0) is 13.8. The van der Waals surface area contributed by atoms with Gasteiger partial charge in [-0.25, -0.2) is 0 Å². The predicted octanol–water partition coefficient (Wildman–Crippen LogP) is 4.89. The minimum atomic E-state index is 0.229. The van der Waals surface area contributed by atoms with Crippen LogP contribution in [0.4, 0.5) is 0 Å². The fourth-order valence-corrected chi connectivity index (χ4v) is 3.44. The summed E-state index contributed by atoms with van der Waals surface area (Å²) in [6.45, 7) is 2.88. The van der Waals surface area contributed by atoms with Crippen LogP contribution < -0.4 is 5.32 Å². The molecule has 0 amide bonds. The van der Waals surface area contributed by atoms with Gasteiger partial charge in [0.05, 0.1) is 11.6 Å². The summed E-state index contributed by atoms with van der Waals surface area (Å²) >= 11 is 11.0. The molecular weight excluding hydrogens is 344 g/mol. The van der Waals surface area contributed by atoms with Crippen LogP contribution >= 0.6 is 38.9 Å². The molecule has 0 spiro atoms. The van der Waals surface area contributed by atoms with Crippen LogP contribution in [0.2, 0.25) is 4.34 Å². The van der Waals surface area contributed by atoms with E-state index < -0.39 is 0 Å². The van der Waals surface area contributed by atoms with E-state index in [1.807, 2.05) is 30.3 Å². The standard InChI is InChI=1S/C14H12BrClN2S/c1-9(11-4-2-10(7-17)3-5-11)18-8-12-6-13(15)14(16)19-12/h2-6,9,18H,8H2,1H3. The molecule has 1 unspecified atom stereocenters. The molecule has 2 nitrogen and oxygen atoms in total. The van der Waals surface area contributed by atoms with Crippen LogP contribution in [0.1, 0.15) is 29.0 Å². The maximum atomic E-state index is 8.77. The first-order chi connectivity index (χ1) is 9.10. The van der Waals surface area contributed by atoms with Gasteiger partial charge in [-0.1, -0.05) is 23.7 Å². The van der Waals surface area contributed by atoms with Gasteiger partial charge in [-0.3, -0.25) is 0 Å². The normalized spacial score (nSPS) is 12.1. The van der Waals surface area contributed by atoms with E-state index in [4.69, 9.17) is 16.9 Å². The van der Waals surface area contributed by atoms with E-state index >= 15 is 0 Å². The average molecular weight is 356 g/mol. The van der Waals surface area contributed by atoms with Gasteiger partial charge in [0.2, 0.25) is 0 Å². The maximum absolute atomic E-state index is 8.77. The molecule has 5 heteroatoms. The zero-order valence-corrected chi connectivity index (χ0v) is 13.4. The largest absolute Gasteiger partial charge is 0.305 e. The third kappa shape index (κ3) is 3.80. The molecule has 2 rings (SSSR count). The molecule has 1 aromatic heterocycles. The number of benzene rings is 1. The molecule has 19 heavy (non-hydrogen) atoms. The molecule has 0 aliphatic rings. The van der Waals surface area contributed by atoms with Crippen LogP contribution in [-0.4, -0.2) is 0 Å². The lowest BCUT2D eigenvalue weighted by Gasteiger charge is -2.13. The van der Waals surface area contributed by atoms with Crippen molar-refractivity contribution in [3.8, 4) is 6.07 Å². The fraction of sp³-hybridized carbons (Fsp3) is 0.214. The third-order valence-electron chi connectivity index (χ3n) is 2.82. The number of halogens is 2. The van der Waals surface area contributed by atoms with E-state index in [0.29, 0.717) is 5.56 Å². The summed E-state index contributed by atoms with van der Waals surface area (Å²) in [5.41, 5.74) is 1.85. The van der Waals surface area contributed by atoms with Gasteiger partial charge in [0.25, 0.3) is 0 Å². The van der Waals surface area contributed by atoms with Gasteiger partial charge in [-0.15, -0.1) is 11.3 Å². The Morgan fingerprint density at radius 3 is 2.63 bits per heavy atom. The molecule has 0 fully saturated rings. The van der Waals surface area contributed by atoms with Gasteiger partial charge in [-0.2, -0.15) is 5.26 Å². The van der Waals surface area contributed by atoms with E-state index in [9.17, 15) is 0 Å². The van der Waals surface area contributed by atoms with Crippen molar-refractivity contribution in [1.82, 2.24) is 5.32 Å². The zero-order valence-electron chi connectivity index (χ0n) is 10.3. The second-order valence-electron chi connectivity index (χ2n) is 4.17. The third-order valence-corrected chi connectivity index (χ3v) is 5.29. The van der Waals surface area contributed by atoms with Crippen molar-refractivity contribution >= 4 is 38.9 Å². The summed E-state index contributed by atoms with van der Waals surface area (Å²) in [4.78, 5) is 1.19. The molecule has 1 N–H and O–H groups in total. The molecule has 1 heterocycles. The molecule has 0 radical (unpaired) electrons. The van der Waals surface area contributed by atoms with Crippen molar-refractivity contribution in [2.75, 3.05) is 0 Å². The summed E-state index contributed by atoms with van der Waals surface area (Å²) in [5, 5.41) is 12.2. The number of nitrogens with zero attached hydrogens (tertiary/aromatic N) is 1. The van der Waals surface area contributed by atoms with Gasteiger partial charge < -0.3 is 5.32 Å². The Hall–Kier alpha value is -0.860. The second-order valence-corrected chi connectivity index (χ2v) is 6.76. The molecule has 0 bridgehead atoms. The number of nitriles is 1. The number of rotatable bonds is 4. The highest BCUT2D eigenvalue weighted by Crippen LogP contribution is 2.32. The number of thiophene rings is 1. The van der Waals surface area contributed by atoms with E-state index in [2.05, 4.69) is 34.2 Å². The lowest BCUT2D eigenvalue weighted by molar-refractivity contribution is 0.579. The van der Waals surface area contributed by atoms with Crippen LogP contribution in [0.3, 0.4) is 0 Å². The second kappa shape index (κ2) is 6.53. The van der Waals surface area contributed by atoms with Crippen LogP contribution in [0.25, 0.3) is 0 Å². The molecule has 2 aromatic rings. The van der Waals surface area contributed by atoms with Crippen LogP contribution in [0.5, 0.6) is 0 Å². The summed E-state index contributed by atoms with van der Waals surface area (Å²) < 4.78 is 1.73. The fourth-order valence-electron chi connectivity index (χ4n) is 1.70. The summed E-state index contributed by atoms with van der Waals surface area (Å²) in [6.07, 6.45) is 0. The van der Waals surface area contributed by atoms with Crippen LogP contribution in [0.15, 0.2) is 34.8 Å². The first kappa shape index (κ1) is 14.5. The summed E-state index contributed by atoms with van der Waals surface area (Å²) in [6, 6.07) is 12.0. The van der Waals surface area contributed by atoms with E-state index in [0.717, 1.165) is 15.4 Å². The van der Waals surface area contributed by atoms with Crippen LogP contribution in [-0.2, 0) is 6.54 Å². The lowest BCUT2D eigenvalue weighted by atomic mass is 10.1. The van der Waals surface area contributed by atoms with Crippen molar-refractivity contribution in [3.63, 3.8) is 0 Å². The molecule has 0 saturated carbocycles. The Morgan fingerprint density at radius 2 is 2.11 bits per heavy atom. The van der Waals surface area contributed by atoms with E-state index in [-0.39, 0.29) is 6.04 Å². The Labute approximate surface area is 130 Å². The van der Waals surface area contributed by atoms with Crippen molar-refractivity contribution in [1.29, 1.82) is 5.26 Å². The quantitative estimate of drug-likeness (QED) is 0.848. The Balaban J connectivity index is 1.97. The van der Waals surface area contributed by atoms with Gasteiger partial charge in [0.1, 0.15) is 4.34 Å². The minimum absolute atomic E-state index is 0.229. The molecule has 1 aromatic carbocycles. The molecule has 0 aliphatic heterocycles. The van der Waals surface area contributed by atoms with Gasteiger partial charge >= 0.3 is 0 Å². The van der Waals surface area contributed by atoms with E-state index in [1.54, 1.807) is 11.3 Å². The molecule has 1 atom stereocenters. The Kier molecular flexibility index (Phi) is 5.00.